The lowest BCUT2D eigenvalue weighted by molar-refractivity contribution is 0.109. The van der Waals surface area contributed by atoms with Gasteiger partial charge in [0.1, 0.15) is 11.6 Å². The minimum absolute atomic E-state index is 0.540. The number of piperazine rings is 1. The minimum Gasteiger partial charge on any atom is -0.348 e. The zero-order chi connectivity index (χ0) is 20.7. The van der Waals surface area contributed by atoms with Crippen LogP contribution in [-0.2, 0) is 0 Å². The maximum Gasteiger partial charge on any atom is 0.133 e. The van der Waals surface area contributed by atoms with Gasteiger partial charge in [-0.1, -0.05) is 6.92 Å². The molecule has 4 aliphatic rings. The van der Waals surface area contributed by atoms with Crippen molar-refractivity contribution in [2.45, 2.75) is 102 Å². The van der Waals surface area contributed by atoms with Gasteiger partial charge in [0.15, 0.2) is 0 Å². The maximum absolute atomic E-state index is 5.16. The number of hydrogen-bond acceptors (Lipinski definition) is 5. The van der Waals surface area contributed by atoms with Crippen LogP contribution in [0, 0.1) is 5.92 Å². The highest BCUT2D eigenvalue weighted by molar-refractivity contribution is 5.44. The fourth-order valence-electron chi connectivity index (χ4n) is 6.57. The Labute approximate surface area is 183 Å². The van der Waals surface area contributed by atoms with E-state index in [0.717, 1.165) is 17.8 Å². The summed E-state index contributed by atoms with van der Waals surface area (Å²) >= 11 is 0. The predicted octanol–water partition coefficient (Wildman–Crippen LogP) is 4.30. The van der Waals surface area contributed by atoms with Crippen LogP contribution in [0.4, 0.5) is 5.82 Å². The Morgan fingerprint density at radius 3 is 2.13 bits per heavy atom. The molecule has 5 nitrogen and oxygen atoms in total. The van der Waals surface area contributed by atoms with Crippen molar-refractivity contribution in [1.82, 2.24) is 19.8 Å². The summed E-state index contributed by atoms with van der Waals surface area (Å²) in [6, 6.07) is 4.91. The molecule has 1 aliphatic carbocycles. The number of hydrogen-bond donors (Lipinski definition) is 0. The van der Waals surface area contributed by atoms with Gasteiger partial charge in [0.25, 0.3) is 0 Å². The first kappa shape index (κ1) is 20.7. The lowest BCUT2D eigenvalue weighted by Gasteiger charge is -2.43. The quantitative estimate of drug-likeness (QED) is 0.738. The Morgan fingerprint density at radius 1 is 0.867 bits per heavy atom. The van der Waals surface area contributed by atoms with Crippen LogP contribution in [0.5, 0.6) is 0 Å². The summed E-state index contributed by atoms with van der Waals surface area (Å²) in [5.41, 5.74) is 0. The highest BCUT2D eigenvalue weighted by Gasteiger charge is 2.41. The van der Waals surface area contributed by atoms with E-state index in [1.165, 1.54) is 83.4 Å². The molecule has 0 amide bonds. The van der Waals surface area contributed by atoms with Crippen molar-refractivity contribution in [3.05, 3.63) is 18.1 Å². The minimum atomic E-state index is 0.540. The Bertz CT molecular complexity index is 691. The zero-order valence-electron chi connectivity index (χ0n) is 19.3. The summed E-state index contributed by atoms with van der Waals surface area (Å²) in [6.45, 7) is 11.9. The molecule has 1 aromatic rings. The average Bonchev–Trinajstić information content (AvgIpc) is 3.03. The van der Waals surface area contributed by atoms with Gasteiger partial charge in [-0.05, 0) is 90.3 Å². The first-order valence-electron chi connectivity index (χ1n) is 12.7. The second-order valence-electron chi connectivity index (χ2n) is 10.8. The third kappa shape index (κ3) is 4.12. The predicted molar refractivity (Wildman–Crippen MR) is 123 cm³/mol. The largest absolute Gasteiger partial charge is 0.348 e. The summed E-state index contributed by atoms with van der Waals surface area (Å²) in [5, 5.41) is 0. The van der Waals surface area contributed by atoms with Crippen LogP contribution in [0.25, 0.3) is 0 Å². The second kappa shape index (κ2) is 8.74. The molecule has 166 valence electrons. The number of rotatable bonds is 4. The number of piperidine rings is 1. The van der Waals surface area contributed by atoms with Crippen LogP contribution in [0.1, 0.15) is 83.9 Å². The van der Waals surface area contributed by atoms with E-state index >= 15 is 0 Å². The molecule has 1 aromatic heterocycles. The maximum atomic E-state index is 5.16. The van der Waals surface area contributed by atoms with E-state index in [-0.39, 0.29) is 0 Å². The van der Waals surface area contributed by atoms with Crippen molar-refractivity contribution >= 4 is 5.82 Å². The van der Waals surface area contributed by atoms with Crippen molar-refractivity contribution in [2.75, 3.05) is 31.1 Å². The van der Waals surface area contributed by atoms with Gasteiger partial charge in [0.05, 0.1) is 0 Å². The molecule has 30 heavy (non-hydrogen) atoms. The third-order valence-corrected chi connectivity index (χ3v) is 8.56. The first-order chi connectivity index (χ1) is 14.6. The average molecular weight is 412 g/mol. The fourth-order valence-corrected chi connectivity index (χ4v) is 6.57. The summed E-state index contributed by atoms with van der Waals surface area (Å²) in [5.74, 6) is 3.78. The normalized spacial score (nSPS) is 34.1. The van der Waals surface area contributed by atoms with Crippen LogP contribution in [0.15, 0.2) is 12.3 Å². The molecule has 0 aromatic carbocycles. The van der Waals surface area contributed by atoms with Gasteiger partial charge in [-0.3, -0.25) is 4.90 Å². The van der Waals surface area contributed by atoms with Crippen LogP contribution >= 0.6 is 0 Å². The van der Waals surface area contributed by atoms with Crippen molar-refractivity contribution in [1.29, 1.82) is 0 Å². The van der Waals surface area contributed by atoms with Crippen molar-refractivity contribution < 1.29 is 0 Å². The van der Waals surface area contributed by atoms with E-state index in [4.69, 9.17) is 9.97 Å². The molecule has 3 saturated heterocycles. The fraction of sp³-hybridized carbons (Fsp3) is 0.840. The molecular formula is C25H41N5. The standard InChI is InChI=1S/C25H41N5/c1-18(2)29-16-22-8-9-23(17-29)30(22)24-10-13-26-25(27-24)20-11-14-28(15-12-20)21-6-4-19(3)5-7-21/h10,13,18-23H,4-9,11-12,14-17H2,1-3H3. The molecule has 5 heteroatoms. The Hall–Kier alpha value is -1.20. The van der Waals surface area contributed by atoms with Crippen LogP contribution < -0.4 is 4.90 Å². The van der Waals surface area contributed by atoms with Crippen LogP contribution in [0.3, 0.4) is 0 Å². The van der Waals surface area contributed by atoms with Gasteiger partial charge in [0.2, 0.25) is 0 Å². The van der Waals surface area contributed by atoms with Gasteiger partial charge in [0, 0.05) is 49.4 Å². The van der Waals surface area contributed by atoms with Gasteiger partial charge < -0.3 is 9.80 Å². The lowest BCUT2D eigenvalue weighted by atomic mass is 9.85. The summed E-state index contributed by atoms with van der Waals surface area (Å²) < 4.78 is 0. The van der Waals surface area contributed by atoms with Gasteiger partial charge in [-0.25, -0.2) is 9.97 Å². The molecule has 2 bridgehead atoms. The monoisotopic (exact) mass is 411 g/mol. The van der Waals surface area contributed by atoms with Gasteiger partial charge in [-0.2, -0.15) is 0 Å². The number of aromatic nitrogens is 2. The summed E-state index contributed by atoms with van der Waals surface area (Å²) in [4.78, 5) is 18.0. The Balaban J connectivity index is 1.22. The SMILES string of the molecule is CC1CCC(N2CCC(c3nccc(N4C5CCC4CN(C(C)C)C5)n3)CC2)CC1. The molecule has 4 fully saturated rings. The summed E-state index contributed by atoms with van der Waals surface area (Å²) in [7, 11) is 0. The molecule has 0 radical (unpaired) electrons. The highest BCUT2D eigenvalue weighted by atomic mass is 15.4. The lowest BCUT2D eigenvalue weighted by Crippen LogP contribution is -2.55. The van der Waals surface area contributed by atoms with Crippen molar-refractivity contribution in [3.8, 4) is 0 Å². The second-order valence-corrected chi connectivity index (χ2v) is 10.8. The molecule has 4 heterocycles. The van der Waals surface area contributed by atoms with E-state index in [9.17, 15) is 0 Å². The molecule has 3 aliphatic heterocycles. The smallest absolute Gasteiger partial charge is 0.133 e. The van der Waals surface area contributed by atoms with E-state index in [0.29, 0.717) is 24.0 Å². The number of anilines is 1. The Kier molecular flexibility index (Phi) is 6.03. The number of nitrogens with zero attached hydrogens (tertiary/aromatic N) is 5. The van der Waals surface area contributed by atoms with Crippen LogP contribution in [0.2, 0.25) is 0 Å². The van der Waals surface area contributed by atoms with Gasteiger partial charge in [-0.15, -0.1) is 0 Å². The topological polar surface area (TPSA) is 35.5 Å². The molecular weight excluding hydrogens is 370 g/mol. The van der Waals surface area contributed by atoms with Crippen LogP contribution in [-0.4, -0.2) is 70.1 Å². The van der Waals surface area contributed by atoms with Crippen molar-refractivity contribution in [2.24, 2.45) is 5.92 Å². The third-order valence-electron chi connectivity index (χ3n) is 8.56. The Morgan fingerprint density at radius 2 is 1.50 bits per heavy atom. The van der Waals surface area contributed by atoms with Crippen molar-refractivity contribution in [3.63, 3.8) is 0 Å². The van der Waals surface area contributed by atoms with E-state index in [1.807, 2.05) is 6.20 Å². The zero-order valence-corrected chi connectivity index (χ0v) is 19.3. The molecule has 2 atom stereocenters. The number of likely N-dealkylation sites (tertiary alicyclic amines) is 2. The highest BCUT2D eigenvalue weighted by Crippen LogP contribution is 2.36. The molecule has 5 rings (SSSR count). The summed E-state index contributed by atoms with van der Waals surface area (Å²) in [6.07, 6.45) is 12.8. The number of fused-ring (bicyclic) bond motifs is 2. The molecule has 1 saturated carbocycles. The van der Waals surface area contributed by atoms with E-state index in [1.54, 1.807) is 0 Å². The van der Waals surface area contributed by atoms with E-state index in [2.05, 4.69) is 41.5 Å². The first-order valence-corrected chi connectivity index (χ1v) is 12.7. The van der Waals surface area contributed by atoms with E-state index < -0.39 is 0 Å². The molecule has 2 unspecified atom stereocenters. The van der Waals surface area contributed by atoms with Gasteiger partial charge >= 0.3 is 0 Å². The molecule has 0 N–H and O–H groups in total. The molecule has 0 spiro atoms.